The Morgan fingerprint density at radius 3 is 2.44 bits per heavy atom. The summed E-state index contributed by atoms with van der Waals surface area (Å²) in [7, 11) is -0.797. The van der Waals surface area contributed by atoms with E-state index in [2.05, 4.69) is 0 Å². The predicted octanol–water partition coefficient (Wildman–Crippen LogP) is 2.18. The van der Waals surface area contributed by atoms with Gasteiger partial charge in [-0.05, 0) is 37.0 Å². The highest BCUT2D eigenvalue weighted by atomic mass is 32.2. The molecule has 0 amide bonds. The van der Waals surface area contributed by atoms with Gasteiger partial charge in [0.2, 0.25) is 0 Å². The number of carboxylic acid groups (broad SMARTS) is 1. The molecule has 2 aliphatic carbocycles. The van der Waals surface area contributed by atoms with Crippen molar-refractivity contribution in [2.24, 2.45) is 11.3 Å². The van der Waals surface area contributed by atoms with Gasteiger partial charge < -0.3 is 5.11 Å². The standard InChI is InChI=1S/C12H20O3S/c13-11(14)7-12(5-6-12)9-16(15)8-10-3-1-2-4-10/h10H,1-9H2,(H,13,14). The van der Waals surface area contributed by atoms with Gasteiger partial charge >= 0.3 is 5.97 Å². The number of carbonyl (C=O) groups is 1. The molecule has 2 saturated carbocycles. The van der Waals surface area contributed by atoms with Crippen LogP contribution in [-0.4, -0.2) is 26.8 Å². The van der Waals surface area contributed by atoms with Crippen LogP contribution >= 0.6 is 0 Å². The molecule has 1 atom stereocenters. The Kier molecular flexibility index (Phi) is 3.67. The van der Waals surface area contributed by atoms with E-state index >= 15 is 0 Å². The van der Waals surface area contributed by atoms with Gasteiger partial charge in [0.15, 0.2) is 0 Å². The van der Waals surface area contributed by atoms with Crippen LogP contribution in [0.5, 0.6) is 0 Å². The molecule has 1 unspecified atom stereocenters. The Bertz CT molecular complexity index is 291. The van der Waals surface area contributed by atoms with Crippen molar-refractivity contribution in [1.29, 1.82) is 0 Å². The van der Waals surface area contributed by atoms with Gasteiger partial charge in [0.25, 0.3) is 0 Å². The van der Waals surface area contributed by atoms with Crippen molar-refractivity contribution in [3.63, 3.8) is 0 Å². The van der Waals surface area contributed by atoms with Crippen LogP contribution < -0.4 is 0 Å². The Morgan fingerprint density at radius 2 is 1.94 bits per heavy atom. The highest BCUT2D eigenvalue weighted by molar-refractivity contribution is 7.85. The minimum atomic E-state index is -0.797. The molecule has 1 N–H and O–H groups in total. The van der Waals surface area contributed by atoms with Gasteiger partial charge in [-0.1, -0.05) is 12.8 Å². The van der Waals surface area contributed by atoms with Gasteiger partial charge in [-0.25, -0.2) is 0 Å². The maximum absolute atomic E-state index is 12.0. The quantitative estimate of drug-likeness (QED) is 0.779. The van der Waals surface area contributed by atoms with E-state index in [9.17, 15) is 9.00 Å². The molecule has 4 heteroatoms. The fourth-order valence-corrected chi connectivity index (χ4v) is 4.76. The van der Waals surface area contributed by atoms with Crippen LogP contribution in [0.2, 0.25) is 0 Å². The van der Waals surface area contributed by atoms with E-state index in [1.54, 1.807) is 0 Å². The first-order valence-corrected chi connectivity index (χ1v) is 7.65. The lowest BCUT2D eigenvalue weighted by molar-refractivity contribution is -0.138. The van der Waals surface area contributed by atoms with Crippen molar-refractivity contribution in [2.45, 2.75) is 44.9 Å². The first-order chi connectivity index (χ1) is 7.60. The Morgan fingerprint density at radius 1 is 1.31 bits per heavy atom. The van der Waals surface area contributed by atoms with Crippen LogP contribution in [0.3, 0.4) is 0 Å². The van der Waals surface area contributed by atoms with Gasteiger partial charge in [0, 0.05) is 22.3 Å². The molecule has 2 fully saturated rings. The van der Waals surface area contributed by atoms with Crippen molar-refractivity contribution < 1.29 is 14.1 Å². The molecule has 0 aromatic rings. The van der Waals surface area contributed by atoms with E-state index < -0.39 is 16.8 Å². The average Bonchev–Trinajstić information content (AvgIpc) is 2.74. The summed E-state index contributed by atoms with van der Waals surface area (Å²) in [6.45, 7) is 0. The summed E-state index contributed by atoms with van der Waals surface area (Å²) in [5, 5.41) is 8.79. The van der Waals surface area contributed by atoms with Crippen molar-refractivity contribution >= 4 is 16.8 Å². The summed E-state index contributed by atoms with van der Waals surface area (Å²) in [6, 6.07) is 0. The van der Waals surface area contributed by atoms with Crippen LogP contribution in [0.1, 0.15) is 44.9 Å². The third-order valence-corrected chi connectivity index (χ3v) is 5.62. The number of hydrogen-bond acceptors (Lipinski definition) is 2. The second-order valence-corrected chi connectivity index (χ2v) is 6.97. The van der Waals surface area contributed by atoms with Crippen molar-refractivity contribution in [3.8, 4) is 0 Å². The third kappa shape index (κ3) is 3.30. The number of rotatable bonds is 6. The summed E-state index contributed by atoms with van der Waals surface area (Å²) < 4.78 is 12.0. The smallest absolute Gasteiger partial charge is 0.303 e. The zero-order valence-electron chi connectivity index (χ0n) is 9.61. The zero-order valence-corrected chi connectivity index (χ0v) is 10.4. The molecule has 92 valence electrons. The topological polar surface area (TPSA) is 54.4 Å². The summed E-state index contributed by atoms with van der Waals surface area (Å²) in [5.41, 5.74) is -0.102. The molecule has 0 aromatic carbocycles. The summed E-state index contributed by atoms with van der Waals surface area (Å²) in [6.07, 6.45) is 7.12. The Balaban J connectivity index is 1.76. The van der Waals surface area contributed by atoms with Crippen LogP contribution in [-0.2, 0) is 15.6 Å². The van der Waals surface area contributed by atoms with Crippen molar-refractivity contribution in [1.82, 2.24) is 0 Å². The van der Waals surface area contributed by atoms with E-state index in [1.807, 2.05) is 0 Å². The molecular weight excluding hydrogens is 224 g/mol. The Hall–Kier alpha value is -0.380. The lowest BCUT2D eigenvalue weighted by atomic mass is 10.1. The number of carboxylic acids is 1. The highest BCUT2D eigenvalue weighted by Crippen LogP contribution is 2.49. The average molecular weight is 244 g/mol. The first kappa shape index (κ1) is 12.1. The molecule has 3 nitrogen and oxygen atoms in total. The van der Waals surface area contributed by atoms with E-state index in [1.165, 1.54) is 25.7 Å². The maximum atomic E-state index is 12.0. The van der Waals surface area contributed by atoms with Gasteiger partial charge in [0.1, 0.15) is 0 Å². The summed E-state index contributed by atoms with van der Waals surface area (Å²) in [5.74, 6) is 1.33. The summed E-state index contributed by atoms with van der Waals surface area (Å²) >= 11 is 0. The van der Waals surface area contributed by atoms with Crippen LogP contribution in [0.25, 0.3) is 0 Å². The van der Waals surface area contributed by atoms with E-state index in [-0.39, 0.29) is 11.8 Å². The molecule has 0 aliphatic heterocycles. The normalized spacial score (nSPS) is 25.5. The van der Waals surface area contributed by atoms with E-state index in [4.69, 9.17) is 5.11 Å². The maximum Gasteiger partial charge on any atom is 0.303 e. The largest absolute Gasteiger partial charge is 0.481 e. The molecule has 0 spiro atoms. The molecule has 16 heavy (non-hydrogen) atoms. The lowest BCUT2D eigenvalue weighted by Gasteiger charge is -2.14. The molecule has 2 aliphatic rings. The number of aliphatic carboxylic acids is 1. The lowest BCUT2D eigenvalue weighted by Crippen LogP contribution is -2.20. The monoisotopic (exact) mass is 244 g/mol. The van der Waals surface area contributed by atoms with Crippen LogP contribution in [0, 0.1) is 11.3 Å². The molecule has 0 saturated heterocycles. The zero-order chi connectivity index (χ0) is 11.6. The van der Waals surface area contributed by atoms with E-state index in [0.717, 1.165) is 18.6 Å². The summed E-state index contributed by atoms with van der Waals surface area (Å²) in [4.78, 5) is 10.7. The van der Waals surface area contributed by atoms with Gasteiger partial charge in [-0.15, -0.1) is 0 Å². The minimum absolute atomic E-state index is 0.102. The van der Waals surface area contributed by atoms with Crippen LogP contribution in [0.4, 0.5) is 0 Å². The van der Waals surface area contributed by atoms with Crippen molar-refractivity contribution in [2.75, 3.05) is 11.5 Å². The Labute approximate surface area is 99.1 Å². The molecule has 0 aromatic heterocycles. The number of hydrogen-bond donors (Lipinski definition) is 1. The van der Waals surface area contributed by atoms with E-state index in [0.29, 0.717) is 11.7 Å². The van der Waals surface area contributed by atoms with Gasteiger partial charge in [-0.3, -0.25) is 9.00 Å². The second-order valence-electron chi connectivity index (χ2n) is 5.47. The molecular formula is C12H20O3S. The predicted molar refractivity (Wildman–Crippen MR) is 63.8 cm³/mol. The fourth-order valence-electron chi connectivity index (χ4n) is 2.71. The molecule has 0 radical (unpaired) electrons. The van der Waals surface area contributed by atoms with Gasteiger partial charge in [0.05, 0.1) is 6.42 Å². The molecule has 0 heterocycles. The molecule has 2 rings (SSSR count). The SMILES string of the molecule is O=C(O)CC1(CS(=O)CC2CCCC2)CC1. The van der Waals surface area contributed by atoms with Crippen molar-refractivity contribution in [3.05, 3.63) is 0 Å². The highest BCUT2D eigenvalue weighted by Gasteiger charge is 2.45. The first-order valence-electron chi connectivity index (χ1n) is 6.16. The fraction of sp³-hybridized carbons (Fsp3) is 0.917. The second kappa shape index (κ2) is 4.86. The van der Waals surface area contributed by atoms with Gasteiger partial charge in [-0.2, -0.15) is 0 Å². The minimum Gasteiger partial charge on any atom is -0.481 e. The molecule has 0 bridgehead atoms. The third-order valence-electron chi connectivity index (χ3n) is 3.85. The van der Waals surface area contributed by atoms with Crippen LogP contribution in [0.15, 0.2) is 0 Å².